The molecule has 3 rings (SSSR count). The fraction of sp³-hybridized carbons (Fsp3) is 0.429. The average molecular weight is 307 g/mol. The van der Waals surface area contributed by atoms with E-state index in [0.717, 1.165) is 29.4 Å². The first kappa shape index (κ1) is 13.7. The molecular formula is C14H17N3OS2. The van der Waals surface area contributed by atoms with Gasteiger partial charge in [-0.15, -0.1) is 22.7 Å². The number of nitrogens with one attached hydrogen (secondary N) is 2. The molecule has 1 aliphatic rings. The first-order chi connectivity index (χ1) is 9.74. The Morgan fingerprint density at radius 2 is 2.40 bits per heavy atom. The van der Waals surface area contributed by atoms with Gasteiger partial charge < -0.3 is 10.6 Å². The lowest BCUT2D eigenvalue weighted by Gasteiger charge is -2.29. The molecule has 1 aliphatic heterocycles. The quantitative estimate of drug-likeness (QED) is 0.916. The summed E-state index contributed by atoms with van der Waals surface area (Å²) >= 11 is 3.16. The van der Waals surface area contributed by atoms with Crippen molar-refractivity contribution in [3.05, 3.63) is 28.6 Å². The minimum absolute atomic E-state index is 0.0652. The van der Waals surface area contributed by atoms with E-state index < -0.39 is 0 Å². The molecule has 0 bridgehead atoms. The Labute approximate surface area is 126 Å². The SMILES string of the molecule is CC1CCNCC1NC(=O)c1csc(-c2cccs2)n1. The van der Waals surface area contributed by atoms with Crippen molar-refractivity contribution >= 4 is 28.6 Å². The lowest BCUT2D eigenvalue weighted by Crippen LogP contribution is -2.50. The van der Waals surface area contributed by atoms with Gasteiger partial charge in [0.25, 0.3) is 5.91 Å². The molecule has 0 spiro atoms. The minimum Gasteiger partial charge on any atom is -0.346 e. The van der Waals surface area contributed by atoms with E-state index in [1.807, 2.05) is 22.9 Å². The van der Waals surface area contributed by atoms with Gasteiger partial charge in [-0.3, -0.25) is 4.79 Å². The summed E-state index contributed by atoms with van der Waals surface area (Å²) in [4.78, 5) is 17.8. The van der Waals surface area contributed by atoms with Crippen molar-refractivity contribution in [3.63, 3.8) is 0 Å². The molecule has 1 saturated heterocycles. The van der Waals surface area contributed by atoms with Crippen molar-refractivity contribution in [3.8, 4) is 9.88 Å². The van der Waals surface area contributed by atoms with Crippen LogP contribution in [-0.4, -0.2) is 30.0 Å². The predicted molar refractivity (Wildman–Crippen MR) is 83.3 cm³/mol. The van der Waals surface area contributed by atoms with Crippen LogP contribution in [0.2, 0.25) is 0 Å². The van der Waals surface area contributed by atoms with E-state index >= 15 is 0 Å². The number of nitrogens with zero attached hydrogens (tertiary/aromatic N) is 1. The van der Waals surface area contributed by atoms with Crippen molar-refractivity contribution < 1.29 is 4.79 Å². The van der Waals surface area contributed by atoms with Crippen LogP contribution in [0, 0.1) is 5.92 Å². The number of carbonyl (C=O) groups is 1. The van der Waals surface area contributed by atoms with Crippen molar-refractivity contribution in [2.45, 2.75) is 19.4 Å². The second-order valence-electron chi connectivity index (χ2n) is 5.07. The molecule has 20 heavy (non-hydrogen) atoms. The van der Waals surface area contributed by atoms with Gasteiger partial charge in [0.1, 0.15) is 10.7 Å². The molecule has 0 saturated carbocycles. The highest BCUT2D eigenvalue weighted by Gasteiger charge is 2.24. The molecule has 106 valence electrons. The van der Waals surface area contributed by atoms with Crippen LogP contribution in [0.5, 0.6) is 0 Å². The molecule has 6 heteroatoms. The number of rotatable bonds is 3. The Kier molecular flexibility index (Phi) is 4.14. The fourth-order valence-corrected chi connectivity index (χ4v) is 3.93. The van der Waals surface area contributed by atoms with Gasteiger partial charge >= 0.3 is 0 Å². The highest BCUT2D eigenvalue weighted by Crippen LogP contribution is 2.27. The summed E-state index contributed by atoms with van der Waals surface area (Å²) in [6, 6.07) is 4.22. The lowest BCUT2D eigenvalue weighted by molar-refractivity contribution is 0.0911. The topological polar surface area (TPSA) is 54.0 Å². The highest BCUT2D eigenvalue weighted by atomic mass is 32.1. The number of carbonyl (C=O) groups excluding carboxylic acids is 1. The molecule has 1 amide bonds. The van der Waals surface area contributed by atoms with Crippen molar-refractivity contribution in [2.24, 2.45) is 5.92 Å². The van der Waals surface area contributed by atoms with Crippen LogP contribution >= 0.6 is 22.7 Å². The van der Waals surface area contributed by atoms with Crippen LogP contribution in [0.25, 0.3) is 9.88 Å². The number of thiophene rings is 1. The molecule has 1 fully saturated rings. The Hall–Kier alpha value is -1.24. The number of piperidine rings is 1. The van der Waals surface area contributed by atoms with E-state index in [0.29, 0.717) is 11.6 Å². The largest absolute Gasteiger partial charge is 0.346 e. The summed E-state index contributed by atoms with van der Waals surface area (Å²) in [6.07, 6.45) is 1.10. The number of amides is 1. The zero-order valence-corrected chi connectivity index (χ0v) is 12.9. The second-order valence-corrected chi connectivity index (χ2v) is 6.87. The summed E-state index contributed by atoms with van der Waals surface area (Å²) in [5.41, 5.74) is 0.524. The zero-order chi connectivity index (χ0) is 13.9. The molecule has 0 aliphatic carbocycles. The first-order valence-electron chi connectivity index (χ1n) is 6.75. The molecule has 3 heterocycles. The normalized spacial score (nSPS) is 22.6. The van der Waals surface area contributed by atoms with Crippen LogP contribution in [0.4, 0.5) is 0 Å². The van der Waals surface area contributed by atoms with Crippen LogP contribution in [0.3, 0.4) is 0 Å². The van der Waals surface area contributed by atoms with E-state index in [9.17, 15) is 4.79 Å². The van der Waals surface area contributed by atoms with Gasteiger partial charge in [0.15, 0.2) is 0 Å². The molecule has 2 aromatic heterocycles. The van der Waals surface area contributed by atoms with Crippen LogP contribution < -0.4 is 10.6 Å². The van der Waals surface area contributed by atoms with Crippen LogP contribution in [0.1, 0.15) is 23.8 Å². The average Bonchev–Trinajstić information content (AvgIpc) is 3.11. The second kappa shape index (κ2) is 6.03. The van der Waals surface area contributed by atoms with Crippen LogP contribution in [0.15, 0.2) is 22.9 Å². The van der Waals surface area contributed by atoms with Crippen molar-refractivity contribution in [1.29, 1.82) is 0 Å². The summed E-state index contributed by atoms with van der Waals surface area (Å²) in [5, 5.41) is 11.2. The van der Waals surface area contributed by atoms with Gasteiger partial charge in [-0.1, -0.05) is 13.0 Å². The van der Waals surface area contributed by atoms with E-state index in [1.54, 1.807) is 11.3 Å². The third-order valence-corrected chi connectivity index (χ3v) is 5.49. The fourth-order valence-electron chi connectivity index (χ4n) is 2.32. The summed E-state index contributed by atoms with van der Waals surface area (Å²) in [7, 11) is 0. The Morgan fingerprint density at radius 1 is 1.50 bits per heavy atom. The van der Waals surface area contributed by atoms with Crippen molar-refractivity contribution in [2.75, 3.05) is 13.1 Å². The number of thiazole rings is 1. The zero-order valence-electron chi connectivity index (χ0n) is 11.3. The van der Waals surface area contributed by atoms with Gasteiger partial charge in [-0.2, -0.15) is 0 Å². The number of hydrogen-bond acceptors (Lipinski definition) is 5. The maximum Gasteiger partial charge on any atom is 0.271 e. The number of aromatic nitrogens is 1. The van der Waals surface area contributed by atoms with Gasteiger partial charge in [0.05, 0.1) is 4.88 Å². The predicted octanol–water partition coefficient (Wildman–Crippen LogP) is 2.60. The molecule has 4 nitrogen and oxygen atoms in total. The minimum atomic E-state index is -0.0652. The summed E-state index contributed by atoms with van der Waals surface area (Å²) in [5.74, 6) is 0.445. The standard InChI is InChI=1S/C14H17N3OS2/c1-9-4-5-15-7-10(9)16-13(18)11-8-20-14(17-11)12-3-2-6-19-12/h2-3,6,8-10,15H,4-5,7H2,1H3,(H,16,18). The third kappa shape index (κ3) is 2.92. The van der Waals surface area contributed by atoms with E-state index in [1.165, 1.54) is 11.3 Å². The Morgan fingerprint density at radius 3 is 3.15 bits per heavy atom. The van der Waals surface area contributed by atoms with E-state index in [-0.39, 0.29) is 11.9 Å². The molecule has 2 unspecified atom stereocenters. The van der Waals surface area contributed by atoms with Gasteiger partial charge in [0, 0.05) is 18.0 Å². The Bertz CT molecular complexity index is 579. The van der Waals surface area contributed by atoms with E-state index in [4.69, 9.17) is 0 Å². The van der Waals surface area contributed by atoms with E-state index in [2.05, 4.69) is 22.5 Å². The molecule has 0 aromatic carbocycles. The van der Waals surface area contributed by atoms with Gasteiger partial charge in [-0.25, -0.2) is 4.98 Å². The lowest BCUT2D eigenvalue weighted by atomic mass is 9.95. The number of hydrogen-bond donors (Lipinski definition) is 2. The third-order valence-electron chi connectivity index (χ3n) is 3.61. The monoisotopic (exact) mass is 307 g/mol. The highest BCUT2D eigenvalue weighted by molar-refractivity contribution is 7.20. The maximum atomic E-state index is 12.3. The molecule has 2 aromatic rings. The smallest absolute Gasteiger partial charge is 0.271 e. The maximum absolute atomic E-state index is 12.3. The van der Waals surface area contributed by atoms with Gasteiger partial charge in [-0.05, 0) is 30.3 Å². The molecular weight excluding hydrogens is 290 g/mol. The first-order valence-corrected chi connectivity index (χ1v) is 8.51. The summed E-state index contributed by atoms with van der Waals surface area (Å²) < 4.78 is 0. The molecule has 2 atom stereocenters. The van der Waals surface area contributed by atoms with Crippen LogP contribution in [-0.2, 0) is 0 Å². The molecule has 2 N–H and O–H groups in total. The Balaban J connectivity index is 1.68. The summed E-state index contributed by atoms with van der Waals surface area (Å²) in [6.45, 7) is 4.06. The molecule has 0 radical (unpaired) electrons. The van der Waals surface area contributed by atoms with Crippen molar-refractivity contribution in [1.82, 2.24) is 15.6 Å². The van der Waals surface area contributed by atoms with Gasteiger partial charge in [0.2, 0.25) is 0 Å².